The Bertz CT molecular complexity index is 793. The van der Waals surface area contributed by atoms with E-state index in [4.69, 9.17) is 10.00 Å². The summed E-state index contributed by atoms with van der Waals surface area (Å²) in [4.78, 5) is 36.8. The van der Waals surface area contributed by atoms with E-state index < -0.39 is 23.4 Å². The molecule has 1 amide bonds. The number of nitriles is 1. The van der Waals surface area contributed by atoms with Crippen molar-refractivity contribution in [1.82, 2.24) is 4.98 Å². The summed E-state index contributed by atoms with van der Waals surface area (Å²) < 4.78 is 4.80. The van der Waals surface area contributed by atoms with Crippen LogP contribution in [0.25, 0.3) is 0 Å². The SMILES string of the molecule is N#Cc1ccc(C(=O)OCC(=O)Nc2ncc([N+](=O)[O-])s2)cc1. The van der Waals surface area contributed by atoms with Crippen molar-refractivity contribution in [3.8, 4) is 6.07 Å². The number of ether oxygens (including phenoxy) is 1. The van der Waals surface area contributed by atoms with Crippen LogP contribution in [-0.2, 0) is 9.53 Å². The quantitative estimate of drug-likeness (QED) is 0.500. The van der Waals surface area contributed by atoms with E-state index in [0.717, 1.165) is 6.20 Å². The fourth-order valence-electron chi connectivity index (χ4n) is 1.46. The molecule has 1 N–H and O–H groups in total. The van der Waals surface area contributed by atoms with Crippen LogP contribution in [0.15, 0.2) is 30.5 Å². The van der Waals surface area contributed by atoms with Crippen LogP contribution in [0.2, 0.25) is 0 Å². The van der Waals surface area contributed by atoms with Crippen molar-refractivity contribution in [2.75, 3.05) is 11.9 Å². The van der Waals surface area contributed by atoms with Gasteiger partial charge in [-0.1, -0.05) is 0 Å². The first-order chi connectivity index (χ1) is 11.0. The van der Waals surface area contributed by atoms with Crippen LogP contribution in [0.1, 0.15) is 15.9 Å². The zero-order chi connectivity index (χ0) is 16.8. The normalized spacial score (nSPS) is 9.70. The Balaban J connectivity index is 1.86. The van der Waals surface area contributed by atoms with Crippen LogP contribution in [0.5, 0.6) is 0 Å². The van der Waals surface area contributed by atoms with Gasteiger partial charge in [-0.25, -0.2) is 9.78 Å². The molecule has 0 bridgehead atoms. The zero-order valence-electron chi connectivity index (χ0n) is 11.4. The molecule has 0 saturated carbocycles. The number of esters is 1. The van der Waals surface area contributed by atoms with Crippen molar-refractivity contribution in [3.05, 3.63) is 51.7 Å². The summed E-state index contributed by atoms with van der Waals surface area (Å²) >= 11 is 0.691. The number of carbonyl (C=O) groups is 2. The number of anilines is 1. The van der Waals surface area contributed by atoms with Gasteiger partial charge in [0.05, 0.1) is 22.1 Å². The van der Waals surface area contributed by atoms with Crippen LogP contribution in [0.4, 0.5) is 10.1 Å². The lowest BCUT2D eigenvalue weighted by Crippen LogP contribution is -2.20. The Hall–Kier alpha value is -3.32. The second-order valence-electron chi connectivity index (χ2n) is 4.07. The van der Waals surface area contributed by atoms with Crippen molar-refractivity contribution in [2.24, 2.45) is 0 Å². The van der Waals surface area contributed by atoms with E-state index in [1.807, 2.05) is 6.07 Å². The summed E-state index contributed by atoms with van der Waals surface area (Å²) in [5.74, 6) is -1.40. The van der Waals surface area contributed by atoms with Crippen LogP contribution >= 0.6 is 11.3 Å². The number of thiazole rings is 1. The molecule has 0 fully saturated rings. The van der Waals surface area contributed by atoms with Crippen molar-refractivity contribution in [2.45, 2.75) is 0 Å². The third-order valence-electron chi connectivity index (χ3n) is 2.50. The van der Waals surface area contributed by atoms with Gasteiger partial charge in [0.25, 0.3) is 5.91 Å². The fourth-order valence-corrected chi connectivity index (χ4v) is 2.11. The van der Waals surface area contributed by atoms with Gasteiger partial charge in [0.1, 0.15) is 6.20 Å². The molecule has 10 heteroatoms. The summed E-state index contributed by atoms with van der Waals surface area (Å²) in [5.41, 5.74) is 0.589. The second-order valence-corrected chi connectivity index (χ2v) is 5.08. The van der Waals surface area contributed by atoms with Gasteiger partial charge >= 0.3 is 11.0 Å². The number of benzene rings is 1. The molecule has 0 aliphatic carbocycles. The maximum Gasteiger partial charge on any atom is 0.345 e. The first-order valence-corrected chi connectivity index (χ1v) is 6.88. The molecule has 0 unspecified atom stereocenters. The Labute approximate surface area is 133 Å². The van der Waals surface area contributed by atoms with Crippen molar-refractivity contribution in [3.63, 3.8) is 0 Å². The van der Waals surface area contributed by atoms with Gasteiger partial charge in [0.2, 0.25) is 0 Å². The molecule has 0 aliphatic heterocycles. The largest absolute Gasteiger partial charge is 0.452 e. The number of hydrogen-bond acceptors (Lipinski definition) is 8. The number of carbonyl (C=O) groups excluding carboxylic acids is 2. The maximum atomic E-state index is 11.7. The van der Waals surface area contributed by atoms with Gasteiger partial charge in [-0.3, -0.25) is 20.2 Å². The van der Waals surface area contributed by atoms with Gasteiger partial charge in [-0.15, -0.1) is 0 Å². The molecule has 0 radical (unpaired) electrons. The number of nitro groups is 1. The molecule has 23 heavy (non-hydrogen) atoms. The Morgan fingerprint density at radius 1 is 1.39 bits per heavy atom. The minimum Gasteiger partial charge on any atom is -0.452 e. The molecule has 0 saturated heterocycles. The summed E-state index contributed by atoms with van der Waals surface area (Å²) in [6.07, 6.45) is 1.02. The second kappa shape index (κ2) is 7.10. The van der Waals surface area contributed by atoms with Gasteiger partial charge in [0.15, 0.2) is 11.7 Å². The molecular formula is C13H8N4O5S. The van der Waals surface area contributed by atoms with Gasteiger partial charge in [0, 0.05) is 0 Å². The molecule has 0 atom stereocenters. The van der Waals surface area contributed by atoms with Crippen LogP contribution in [0.3, 0.4) is 0 Å². The minimum absolute atomic E-state index is 0.0381. The summed E-state index contributed by atoms with van der Waals surface area (Å²) in [6, 6.07) is 7.62. The highest BCUT2D eigenvalue weighted by Crippen LogP contribution is 2.24. The van der Waals surface area contributed by atoms with Crippen molar-refractivity contribution < 1.29 is 19.2 Å². The lowest BCUT2D eigenvalue weighted by molar-refractivity contribution is -0.380. The highest BCUT2D eigenvalue weighted by Gasteiger charge is 2.15. The third-order valence-corrected chi connectivity index (χ3v) is 3.37. The molecule has 0 aliphatic rings. The fraction of sp³-hybridized carbons (Fsp3) is 0.0769. The summed E-state index contributed by atoms with van der Waals surface area (Å²) in [6.45, 7) is -0.563. The smallest absolute Gasteiger partial charge is 0.345 e. The van der Waals surface area contributed by atoms with Crippen LogP contribution in [0, 0.1) is 21.4 Å². The lowest BCUT2D eigenvalue weighted by Gasteiger charge is -2.04. The molecule has 2 rings (SSSR count). The molecule has 1 aromatic heterocycles. The summed E-state index contributed by atoms with van der Waals surface area (Å²) in [7, 11) is 0. The maximum absolute atomic E-state index is 11.7. The average Bonchev–Trinajstić information content (AvgIpc) is 3.01. The molecule has 0 spiro atoms. The first kappa shape index (κ1) is 16.1. The number of nitrogens with zero attached hydrogens (tertiary/aromatic N) is 3. The van der Waals surface area contributed by atoms with Crippen LogP contribution < -0.4 is 5.32 Å². The Morgan fingerprint density at radius 3 is 2.65 bits per heavy atom. The Morgan fingerprint density at radius 2 is 2.09 bits per heavy atom. The first-order valence-electron chi connectivity index (χ1n) is 6.07. The molecule has 1 aromatic carbocycles. The lowest BCUT2D eigenvalue weighted by atomic mass is 10.1. The van der Waals surface area contributed by atoms with E-state index in [-0.39, 0.29) is 15.7 Å². The van der Waals surface area contributed by atoms with E-state index in [2.05, 4.69) is 10.3 Å². The molecule has 1 heterocycles. The molecule has 116 valence electrons. The van der Waals surface area contributed by atoms with E-state index in [1.54, 1.807) is 0 Å². The predicted octanol–water partition coefficient (Wildman–Crippen LogP) is 1.72. The number of hydrogen-bond donors (Lipinski definition) is 1. The van der Waals surface area contributed by atoms with E-state index in [9.17, 15) is 19.7 Å². The summed E-state index contributed by atoms with van der Waals surface area (Å²) in [5, 5.41) is 21.3. The topological polar surface area (TPSA) is 135 Å². The monoisotopic (exact) mass is 332 g/mol. The van der Waals surface area contributed by atoms with Gasteiger partial charge in [-0.2, -0.15) is 5.26 Å². The van der Waals surface area contributed by atoms with Crippen LogP contribution in [-0.4, -0.2) is 28.4 Å². The standard InChI is InChI=1S/C13H8N4O5S/c14-5-8-1-3-9(4-2-8)12(19)22-7-10(18)16-13-15-6-11(23-13)17(20)21/h1-4,6H,7H2,(H,15,16,18). The average molecular weight is 332 g/mol. The number of nitrogens with one attached hydrogen (secondary N) is 1. The van der Waals surface area contributed by atoms with E-state index >= 15 is 0 Å². The third kappa shape index (κ3) is 4.32. The van der Waals surface area contributed by atoms with Crippen molar-refractivity contribution >= 4 is 33.3 Å². The Kier molecular flexibility index (Phi) is 4.96. The minimum atomic E-state index is -0.727. The molecule has 9 nitrogen and oxygen atoms in total. The molecular weight excluding hydrogens is 324 g/mol. The number of aromatic nitrogens is 1. The predicted molar refractivity (Wildman–Crippen MR) is 78.8 cm³/mol. The highest BCUT2D eigenvalue weighted by molar-refractivity contribution is 7.18. The van der Waals surface area contributed by atoms with E-state index in [0.29, 0.717) is 16.9 Å². The van der Waals surface area contributed by atoms with E-state index in [1.165, 1.54) is 24.3 Å². The van der Waals surface area contributed by atoms with Crippen molar-refractivity contribution in [1.29, 1.82) is 5.26 Å². The van der Waals surface area contributed by atoms with Gasteiger partial charge < -0.3 is 4.74 Å². The molecule has 2 aromatic rings. The highest BCUT2D eigenvalue weighted by atomic mass is 32.1. The van der Waals surface area contributed by atoms with Gasteiger partial charge in [-0.05, 0) is 35.6 Å². The number of rotatable bonds is 5. The zero-order valence-corrected chi connectivity index (χ0v) is 12.2. The number of amides is 1.